The normalized spacial score (nSPS) is 6.33. The average Bonchev–Trinajstić information content (AvgIpc) is 2.18. The third kappa shape index (κ3) is 43.2. The monoisotopic (exact) mass is 300 g/mol. The molecule has 0 atom stereocenters. The van der Waals surface area contributed by atoms with E-state index in [1.807, 2.05) is 6.07 Å². The molecule has 6 nitrogen and oxygen atoms in total. The minimum atomic E-state index is -3.63. The van der Waals surface area contributed by atoms with Gasteiger partial charge in [-0.25, -0.2) is 0 Å². The Bertz CT molecular complexity index is 246. The van der Waals surface area contributed by atoms with E-state index in [1.165, 1.54) is 12.1 Å². The van der Waals surface area contributed by atoms with E-state index >= 15 is 0 Å². The third-order valence-electron chi connectivity index (χ3n) is 0.843. The molecule has 0 spiro atoms. The fraction of sp³-hybridized carbons (Fsp3) is 0.250. The smallest absolute Gasteiger partial charge is 0.872 e. The Labute approximate surface area is 174 Å². The van der Waals surface area contributed by atoms with Crippen LogP contribution in [0.1, 0.15) is 0 Å². The van der Waals surface area contributed by atoms with Gasteiger partial charge in [-0.3, -0.25) is 0 Å². The molecule has 0 saturated carbocycles. The van der Waals surface area contributed by atoms with Crippen LogP contribution in [0, 0.1) is 0 Å². The van der Waals surface area contributed by atoms with Crippen molar-refractivity contribution >= 4 is 9.17 Å². The molecule has 1 rings (SSSR count). The summed E-state index contributed by atoms with van der Waals surface area (Å²) in [4.78, 5) is 17.0. The van der Waals surface area contributed by atoms with Gasteiger partial charge in [0.2, 0.25) is 0 Å². The van der Waals surface area contributed by atoms with Crippen LogP contribution >= 0.6 is 0 Å². The van der Waals surface area contributed by atoms with Crippen molar-refractivity contribution in [2.45, 2.75) is 0 Å². The van der Waals surface area contributed by atoms with E-state index < -0.39 is 9.17 Å². The van der Waals surface area contributed by atoms with Crippen LogP contribution in [0.4, 0.5) is 0 Å². The first-order valence-corrected chi connectivity index (χ1v) is 5.08. The standard InChI is InChI=1S/C6H6O.C2H6O2.3Na.O3Si/c7-6-4-2-1-3-5-6;3-1-2-4;;;;1-4(2)3/h1-5,7H;3-4H,1-2H2;;;;/q;;3*+1;-2/p-1. The summed E-state index contributed by atoms with van der Waals surface area (Å²) in [6.07, 6.45) is 0. The molecule has 0 amide bonds. The molecule has 0 heterocycles. The Balaban J connectivity index is -0.0000000461. The molecule has 0 saturated heterocycles. The minimum Gasteiger partial charge on any atom is -0.872 e. The van der Waals surface area contributed by atoms with Gasteiger partial charge >= 0.3 is 88.7 Å². The zero-order valence-corrected chi connectivity index (χ0v) is 17.8. The second-order valence-electron chi connectivity index (χ2n) is 2.01. The summed E-state index contributed by atoms with van der Waals surface area (Å²) >= 11 is 0. The minimum absolute atomic E-state index is 0. The van der Waals surface area contributed by atoms with Crippen molar-refractivity contribution in [1.29, 1.82) is 0 Å². The molecule has 0 fully saturated rings. The topological polar surface area (TPSA) is 127 Å². The van der Waals surface area contributed by atoms with Crippen LogP contribution in [0.5, 0.6) is 5.75 Å². The number of aliphatic hydroxyl groups excluding tert-OH is 2. The average molecular weight is 300 g/mol. The summed E-state index contributed by atoms with van der Waals surface area (Å²) in [6, 6.07) is 8.33. The van der Waals surface area contributed by atoms with Gasteiger partial charge in [-0.05, 0) is 0 Å². The summed E-state index contributed by atoms with van der Waals surface area (Å²) in [5.41, 5.74) is 0. The maximum absolute atomic E-state index is 10.3. The maximum atomic E-state index is 10.3. The molecule has 18 heavy (non-hydrogen) atoms. The van der Waals surface area contributed by atoms with Crippen LogP contribution in [0.2, 0.25) is 0 Å². The van der Waals surface area contributed by atoms with Crippen molar-refractivity contribution in [3.05, 3.63) is 30.3 Å². The van der Waals surface area contributed by atoms with Crippen LogP contribution in [-0.4, -0.2) is 32.6 Å². The molecule has 2 N–H and O–H groups in total. The summed E-state index contributed by atoms with van der Waals surface area (Å²) in [7, 11) is -3.63. The number of hydrogen-bond donors (Lipinski definition) is 2. The van der Waals surface area contributed by atoms with Crippen molar-refractivity contribution in [3.63, 3.8) is 0 Å². The van der Waals surface area contributed by atoms with Crippen LogP contribution in [-0.2, 0) is 4.46 Å². The van der Waals surface area contributed by atoms with Gasteiger partial charge in [0, 0.05) is 9.17 Å². The zero-order chi connectivity index (χ0) is 12.1. The van der Waals surface area contributed by atoms with E-state index in [0.717, 1.165) is 0 Å². The Hall–Kier alpha value is 1.56. The maximum Gasteiger partial charge on any atom is 1.00 e. The van der Waals surface area contributed by atoms with Gasteiger partial charge in [0.15, 0.2) is 0 Å². The number of para-hydroxylation sites is 1. The van der Waals surface area contributed by atoms with Gasteiger partial charge in [0.05, 0.1) is 13.2 Å². The summed E-state index contributed by atoms with van der Waals surface area (Å²) < 4.78 is 8.52. The third-order valence-corrected chi connectivity index (χ3v) is 0.843. The van der Waals surface area contributed by atoms with E-state index in [-0.39, 0.29) is 108 Å². The van der Waals surface area contributed by atoms with E-state index in [4.69, 9.17) is 24.3 Å². The molecule has 0 aromatic heterocycles. The van der Waals surface area contributed by atoms with Crippen molar-refractivity contribution in [2.75, 3.05) is 13.2 Å². The molecule has 0 radical (unpaired) electrons. The van der Waals surface area contributed by atoms with Crippen molar-refractivity contribution in [2.24, 2.45) is 0 Å². The fourth-order valence-electron chi connectivity index (χ4n) is 0.420. The molecule has 1 aromatic carbocycles. The second kappa shape index (κ2) is 27.0. The van der Waals surface area contributed by atoms with Gasteiger partial charge in [0.1, 0.15) is 0 Å². The number of aliphatic hydroxyl groups is 2. The van der Waals surface area contributed by atoms with Gasteiger partial charge < -0.3 is 29.4 Å². The molecule has 0 unspecified atom stereocenters. The van der Waals surface area contributed by atoms with Crippen LogP contribution in [0.3, 0.4) is 0 Å². The fourth-order valence-corrected chi connectivity index (χ4v) is 0.420. The van der Waals surface area contributed by atoms with E-state index in [9.17, 15) is 5.11 Å². The Morgan fingerprint density at radius 2 is 1.22 bits per heavy atom. The summed E-state index contributed by atoms with van der Waals surface area (Å²) in [6.45, 7) is -0.250. The largest absolute Gasteiger partial charge is 1.00 e. The first-order valence-electron chi connectivity index (χ1n) is 3.86. The second-order valence-corrected chi connectivity index (χ2v) is 2.51. The molecular formula is C8H11Na3O6Si. The summed E-state index contributed by atoms with van der Waals surface area (Å²) in [5, 5.41) is 25.5. The molecule has 1 aromatic rings. The first kappa shape index (κ1) is 31.8. The van der Waals surface area contributed by atoms with Crippen molar-refractivity contribution < 1.29 is 118 Å². The van der Waals surface area contributed by atoms with Gasteiger partial charge in [0.25, 0.3) is 0 Å². The summed E-state index contributed by atoms with van der Waals surface area (Å²) in [5.74, 6) is 0.0718. The van der Waals surface area contributed by atoms with Gasteiger partial charge in [-0.15, -0.1) is 5.75 Å². The molecule has 0 aliphatic heterocycles. The van der Waals surface area contributed by atoms with Gasteiger partial charge in [-0.1, -0.05) is 30.3 Å². The van der Waals surface area contributed by atoms with Gasteiger partial charge in [-0.2, -0.15) is 0 Å². The quantitative estimate of drug-likeness (QED) is 0.496. The van der Waals surface area contributed by atoms with E-state index in [1.54, 1.807) is 12.1 Å². The van der Waals surface area contributed by atoms with Crippen molar-refractivity contribution in [3.8, 4) is 5.75 Å². The van der Waals surface area contributed by atoms with E-state index in [0.29, 0.717) is 0 Å². The van der Waals surface area contributed by atoms with Crippen LogP contribution < -0.4 is 103 Å². The molecule has 0 aliphatic carbocycles. The predicted octanol–water partition coefficient (Wildman–Crippen LogP) is -12.1. The molecular weight excluding hydrogens is 289 g/mol. The number of hydrogen-bond acceptors (Lipinski definition) is 6. The van der Waals surface area contributed by atoms with E-state index in [2.05, 4.69) is 0 Å². The molecule has 0 bridgehead atoms. The van der Waals surface area contributed by atoms with Crippen molar-refractivity contribution in [1.82, 2.24) is 0 Å². The van der Waals surface area contributed by atoms with Crippen LogP contribution in [0.25, 0.3) is 0 Å². The van der Waals surface area contributed by atoms with Crippen LogP contribution in [0.15, 0.2) is 30.3 Å². The number of rotatable bonds is 1. The molecule has 10 heteroatoms. The zero-order valence-electron chi connectivity index (χ0n) is 10.8. The molecule has 0 aliphatic rings. The number of benzene rings is 1. The Morgan fingerprint density at radius 3 is 1.33 bits per heavy atom. The molecule has 86 valence electrons. The predicted molar refractivity (Wildman–Crippen MR) is 46.5 cm³/mol. The Morgan fingerprint density at radius 1 is 0.944 bits per heavy atom. The first-order chi connectivity index (χ1) is 7.04. The SMILES string of the molecule is O=[Si]([O-])[O-].OCCO.[Na+].[Na+].[Na+].[O-]c1ccccc1. The Kier molecular flexibility index (Phi) is 47.7.